The number of hydrogen-bond acceptors (Lipinski definition) is 7. The third-order valence-corrected chi connectivity index (χ3v) is 7.00. The zero-order valence-electron chi connectivity index (χ0n) is 20.1. The Morgan fingerprint density at radius 3 is 2.88 bits per heavy atom. The number of fused-ring (bicyclic) bond motifs is 2. The third-order valence-electron chi connectivity index (χ3n) is 7.00. The SMILES string of the molecule is CCn1nc(-c2nc(N3CCc4cc(CN(C)CCO)ccc43)no2)c2c1CC(C)(C)CC2. The average Bonchev–Trinajstić information content (AvgIpc) is 3.49. The summed E-state index contributed by atoms with van der Waals surface area (Å²) in [5.74, 6) is 1.12. The van der Waals surface area contributed by atoms with Gasteiger partial charge in [0.2, 0.25) is 0 Å². The van der Waals surface area contributed by atoms with Crippen LogP contribution in [0.15, 0.2) is 22.7 Å². The minimum atomic E-state index is 0.173. The topological polar surface area (TPSA) is 83.5 Å². The Morgan fingerprint density at radius 1 is 1.24 bits per heavy atom. The minimum Gasteiger partial charge on any atom is -0.395 e. The summed E-state index contributed by atoms with van der Waals surface area (Å²) < 4.78 is 7.86. The highest BCUT2D eigenvalue weighted by atomic mass is 16.5. The van der Waals surface area contributed by atoms with Crippen LogP contribution >= 0.6 is 0 Å². The van der Waals surface area contributed by atoms with Gasteiger partial charge in [0.05, 0.1) is 6.61 Å². The van der Waals surface area contributed by atoms with Gasteiger partial charge in [-0.15, -0.1) is 0 Å². The fraction of sp³-hybridized carbons (Fsp3) is 0.560. The summed E-state index contributed by atoms with van der Waals surface area (Å²) in [4.78, 5) is 9.04. The number of rotatable bonds is 7. The van der Waals surface area contributed by atoms with E-state index in [1.165, 1.54) is 22.4 Å². The number of hydrogen-bond donors (Lipinski definition) is 1. The van der Waals surface area contributed by atoms with Crippen molar-refractivity contribution in [2.75, 3.05) is 31.6 Å². The van der Waals surface area contributed by atoms with Crippen LogP contribution in [-0.2, 0) is 32.4 Å². The van der Waals surface area contributed by atoms with Gasteiger partial charge < -0.3 is 14.5 Å². The van der Waals surface area contributed by atoms with Crippen molar-refractivity contribution in [3.8, 4) is 11.6 Å². The van der Waals surface area contributed by atoms with E-state index in [0.29, 0.717) is 23.8 Å². The Bertz CT molecular complexity index is 1150. The fourth-order valence-electron chi connectivity index (χ4n) is 5.18. The molecule has 3 aromatic rings. The van der Waals surface area contributed by atoms with E-state index in [0.717, 1.165) is 56.7 Å². The van der Waals surface area contributed by atoms with Gasteiger partial charge in [-0.2, -0.15) is 10.1 Å². The van der Waals surface area contributed by atoms with Crippen LogP contribution in [0.25, 0.3) is 11.6 Å². The van der Waals surface area contributed by atoms with Crippen molar-refractivity contribution in [2.24, 2.45) is 5.41 Å². The van der Waals surface area contributed by atoms with Crippen LogP contribution in [0, 0.1) is 5.41 Å². The number of aliphatic hydroxyl groups excluding tert-OH is 1. The third kappa shape index (κ3) is 4.17. The first-order chi connectivity index (χ1) is 15.9. The number of benzene rings is 1. The Morgan fingerprint density at radius 2 is 2.09 bits per heavy atom. The molecule has 0 unspecified atom stereocenters. The predicted octanol–water partition coefficient (Wildman–Crippen LogP) is 3.59. The molecule has 0 saturated carbocycles. The van der Waals surface area contributed by atoms with Gasteiger partial charge in [-0.25, -0.2) is 0 Å². The van der Waals surface area contributed by atoms with Crippen LogP contribution in [0.1, 0.15) is 49.6 Å². The number of nitrogens with zero attached hydrogens (tertiary/aromatic N) is 6. The summed E-state index contributed by atoms with van der Waals surface area (Å²) >= 11 is 0. The lowest BCUT2D eigenvalue weighted by molar-refractivity contribution is 0.217. The van der Waals surface area contributed by atoms with E-state index >= 15 is 0 Å². The van der Waals surface area contributed by atoms with Gasteiger partial charge in [0.1, 0.15) is 0 Å². The summed E-state index contributed by atoms with van der Waals surface area (Å²) in [6, 6.07) is 6.55. The van der Waals surface area contributed by atoms with Crippen molar-refractivity contribution in [3.05, 3.63) is 40.6 Å². The standard InChI is InChI=1S/C25H34N6O2/c1-5-31-21-15-25(2,3)10-8-19(21)22(27-31)23-26-24(28-33-23)30-11-9-18-14-17(6-7-20(18)30)16-29(4)12-13-32/h6-7,14,32H,5,8-13,15-16H2,1-4H3. The van der Waals surface area contributed by atoms with Crippen LogP contribution in [-0.4, -0.2) is 56.7 Å². The van der Waals surface area contributed by atoms with Crippen molar-refractivity contribution in [3.63, 3.8) is 0 Å². The summed E-state index contributed by atoms with van der Waals surface area (Å²) in [6.45, 7) is 10.1. The van der Waals surface area contributed by atoms with Crippen molar-refractivity contribution in [1.82, 2.24) is 24.8 Å². The van der Waals surface area contributed by atoms with Crippen LogP contribution in [0.2, 0.25) is 0 Å². The van der Waals surface area contributed by atoms with Crippen LogP contribution in [0.3, 0.4) is 0 Å². The first kappa shape index (κ1) is 22.1. The molecular weight excluding hydrogens is 416 g/mol. The predicted molar refractivity (Wildman–Crippen MR) is 128 cm³/mol. The Labute approximate surface area is 195 Å². The molecule has 0 fully saturated rings. The van der Waals surface area contributed by atoms with E-state index in [1.807, 2.05) is 7.05 Å². The highest BCUT2D eigenvalue weighted by molar-refractivity contribution is 5.67. The molecule has 176 valence electrons. The second kappa shape index (κ2) is 8.57. The maximum atomic E-state index is 9.14. The van der Waals surface area contributed by atoms with Gasteiger partial charge >= 0.3 is 0 Å². The second-order valence-electron chi connectivity index (χ2n) is 10.2. The highest BCUT2D eigenvalue weighted by Crippen LogP contribution is 2.40. The zero-order valence-corrected chi connectivity index (χ0v) is 20.1. The van der Waals surface area contributed by atoms with Gasteiger partial charge in [0.15, 0.2) is 5.69 Å². The molecule has 1 aliphatic heterocycles. The van der Waals surface area contributed by atoms with Crippen LogP contribution in [0.5, 0.6) is 0 Å². The molecule has 33 heavy (non-hydrogen) atoms. The van der Waals surface area contributed by atoms with E-state index < -0.39 is 0 Å². The van der Waals surface area contributed by atoms with E-state index in [-0.39, 0.29) is 6.61 Å². The monoisotopic (exact) mass is 450 g/mol. The molecule has 0 spiro atoms. The van der Waals surface area contributed by atoms with Gasteiger partial charge in [-0.05, 0) is 67.4 Å². The maximum absolute atomic E-state index is 9.14. The largest absolute Gasteiger partial charge is 0.395 e. The number of likely N-dealkylation sites (N-methyl/N-ethyl adjacent to an activating group) is 1. The number of aryl methyl sites for hydroxylation is 1. The second-order valence-corrected chi connectivity index (χ2v) is 10.2. The van der Waals surface area contributed by atoms with Crippen molar-refractivity contribution in [1.29, 1.82) is 0 Å². The van der Waals surface area contributed by atoms with Gasteiger partial charge in [0.25, 0.3) is 11.8 Å². The first-order valence-corrected chi connectivity index (χ1v) is 12.0. The molecule has 0 radical (unpaired) electrons. The average molecular weight is 451 g/mol. The summed E-state index contributed by atoms with van der Waals surface area (Å²) in [7, 11) is 2.02. The molecule has 8 nitrogen and oxygen atoms in total. The van der Waals surface area contributed by atoms with Gasteiger partial charge in [0, 0.05) is 43.1 Å². The van der Waals surface area contributed by atoms with Gasteiger partial charge in [-0.1, -0.05) is 26.0 Å². The molecule has 1 aromatic carbocycles. The van der Waals surface area contributed by atoms with Crippen LogP contribution in [0.4, 0.5) is 11.6 Å². The number of anilines is 2. The summed E-state index contributed by atoms with van der Waals surface area (Å²) in [6.07, 6.45) is 4.11. The van der Waals surface area contributed by atoms with Gasteiger partial charge in [-0.3, -0.25) is 9.58 Å². The molecule has 2 aromatic heterocycles. The van der Waals surface area contributed by atoms with E-state index in [9.17, 15) is 0 Å². The Hall–Kier alpha value is -2.71. The maximum Gasteiger partial charge on any atom is 0.280 e. The molecule has 1 N–H and O–H groups in total. The smallest absolute Gasteiger partial charge is 0.280 e. The minimum absolute atomic E-state index is 0.173. The lowest BCUT2D eigenvalue weighted by atomic mass is 9.76. The summed E-state index contributed by atoms with van der Waals surface area (Å²) in [5.41, 5.74) is 7.41. The van der Waals surface area contributed by atoms with E-state index in [1.54, 1.807) is 0 Å². The number of aromatic nitrogens is 4. The molecule has 3 heterocycles. The molecule has 0 atom stereocenters. The molecule has 0 amide bonds. The van der Waals surface area contributed by atoms with Crippen molar-refractivity contribution >= 4 is 11.6 Å². The first-order valence-electron chi connectivity index (χ1n) is 12.0. The lowest BCUT2D eigenvalue weighted by Crippen LogP contribution is -2.24. The molecular formula is C25H34N6O2. The molecule has 1 aliphatic carbocycles. The van der Waals surface area contributed by atoms with Crippen molar-refractivity contribution in [2.45, 2.75) is 59.5 Å². The normalized spacial score (nSPS) is 17.0. The summed E-state index contributed by atoms with van der Waals surface area (Å²) in [5, 5.41) is 18.3. The Balaban J connectivity index is 1.40. The van der Waals surface area contributed by atoms with Crippen molar-refractivity contribution < 1.29 is 9.63 Å². The Kier molecular flexibility index (Phi) is 5.74. The molecule has 8 heteroatoms. The molecule has 0 saturated heterocycles. The molecule has 5 rings (SSSR count). The highest BCUT2D eigenvalue weighted by Gasteiger charge is 2.33. The van der Waals surface area contributed by atoms with Crippen LogP contribution < -0.4 is 4.90 Å². The fourth-order valence-corrected chi connectivity index (χ4v) is 5.18. The molecule has 2 aliphatic rings. The van der Waals surface area contributed by atoms with E-state index in [2.05, 4.69) is 58.6 Å². The number of aliphatic hydroxyl groups is 1. The molecule has 0 bridgehead atoms. The quantitative estimate of drug-likeness (QED) is 0.589. The van der Waals surface area contributed by atoms with E-state index in [4.69, 9.17) is 19.7 Å². The lowest BCUT2D eigenvalue weighted by Gasteiger charge is -2.30. The zero-order chi connectivity index (χ0) is 23.2.